The van der Waals surface area contributed by atoms with Crippen LogP contribution in [0.4, 0.5) is 11.4 Å². The van der Waals surface area contributed by atoms with Crippen molar-refractivity contribution in [1.82, 2.24) is 0 Å². The number of nitrogens with zero attached hydrogens (tertiary/aromatic N) is 1. The molecule has 1 N–H and O–H groups in total. The predicted molar refractivity (Wildman–Crippen MR) is 118 cm³/mol. The molecule has 0 saturated heterocycles. The Balaban J connectivity index is 1.63. The molecule has 3 aromatic rings. The number of hydrogen-bond acceptors (Lipinski definition) is 3. The van der Waals surface area contributed by atoms with Crippen LogP contribution in [0.2, 0.25) is 0 Å². The molecule has 1 aliphatic rings. The summed E-state index contributed by atoms with van der Waals surface area (Å²) in [5, 5.41) is 3.63. The number of benzene rings is 3. The zero-order valence-corrected chi connectivity index (χ0v) is 16.8. The summed E-state index contributed by atoms with van der Waals surface area (Å²) in [6, 6.07) is 26.0. The van der Waals surface area contributed by atoms with Gasteiger partial charge in [0.15, 0.2) is 0 Å². The Labute approximate surface area is 172 Å². The lowest BCUT2D eigenvalue weighted by Gasteiger charge is -2.40. The van der Waals surface area contributed by atoms with Crippen LogP contribution in [0.3, 0.4) is 0 Å². The van der Waals surface area contributed by atoms with E-state index in [9.17, 15) is 4.79 Å². The highest BCUT2D eigenvalue weighted by Crippen LogP contribution is 2.39. The highest BCUT2D eigenvalue weighted by Gasteiger charge is 2.34. The number of amides is 1. The van der Waals surface area contributed by atoms with Crippen molar-refractivity contribution in [2.24, 2.45) is 0 Å². The van der Waals surface area contributed by atoms with Gasteiger partial charge in [0.2, 0.25) is 0 Å². The molecule has 0 saturated carbocycles. The number of fused-ring (bicyclic) bond motifs is 1. The maximum atomic E-state index is 13.4. The van der Waals surface area contributed by atoms with Crippen LogP contribution in [0.1, 0.15) is 42.2 Å². The first-order valence-corrected chi connectivity index (χ1v) is 10.1. The van der Waals surface area contributed by atoms with Crippen LogP contribution >= 0.6 is 0 Å². The van der Waals surface area contributed by atoms with E-state index < -0.39 is 0 Å². The topological polar surface area (TPSA) is 41.6 Å². The third kappa shape index (κ3) is 3.97. The summed E-state index contributed by atoms with van der Waals surface area (Å²) in [5.41, 5.74) is 3.88. The lowest BCUT2D eigenvalue weighted by atomic mass is 9.90. The van der Waals surface area contributed by atoms with E-state index in [1.165, 1.54) is 0 Å². The van der Waals surface area contributed by atoms with Gasteiger partial charge in [-0.05, 0) is 68.3 Å². The first-order valence-electron chi connectivity index (χ1n) is 10.1. The van der Waals surface area contributed by atoms with Crippen molar-refractivity contribution < 1.29 is 9.53 Å². The molecule has 4 heteroatoms. The SMILES string of the molecule is CCOc1ccc(C(=O)N2c3ccccc3[C@H](Nc3ccccc3)C[C@@H]2C)cc1. The largest absolute Gasteiger partial charge is 0.494 e. The lowest BCUT2D eigenvalue weighted by molar-refractivity contribution is 0.0974. The van der Waals surface area contributed by atoms with Crippen molar-refractivity contribution in [1.29, 1.82) is 0 Å². The van der Waals surface area contributed by atoms with Gasteiger partial charge in [0, 0.05) is 23.0 Å². The average Bonchev–Trinajstić information content (AvgIpc) is 2.75. The Morgan fingerprint density at radius 3 is 2.41 bits per heavy atom. The second kappa shape index (κ2) is 8.39. The summed E-state index contributed by atoms with van der Waals surface area (Å²) in [7, 11) is 0. The number of para-hydroxylation sites is 2. The molecule has 1 heterocycles. The molecular formula is C25H26N2O2. The zero-order valence-electron chi connectivity index (χ0n) is 16.8. The van der Waals surface area contributed by atoms with Gasteiger partial charge in [-0.15, -0.1) is 0 Å². The van der Waals surface area contributed by atoms with Crippen molar-refractivity contribution in [2.45, 2.75) is 32.4 Å². The van der Waals surface area contributed by atoms with Gasteiger partial charge < -0.3 is 15.0 Å². The molecule has 1 aliphatic heterocycles. The van der Waals surface area contributed by atoms with Crippen LogP contribution in [0.5, 0.6) is 5.75 Å². The normalized spacial score (nSPS) is 18.1. The highest BCUT2D eigenvalue weighted by atomic mass is 16.5. The van der Waals surface area contributed by atoms with Gasteiger partial charge in [-0.25, -0.2) is 0 Å². The molecule has 0 bridgehead atoms. The zero-order chi connectivity index (χ0) is 20.2. The molecule has 0 spiro atoms. The van der Waals surface area contributed by atoms with E-state index in [2.05, 4.69) is 30.4 Å². The Bertz CT molecular complexity index is 970. The third-order valence-electron chi connectivity index (χ3n) is 5.34. The van der Waals surface area contributed by atoms with Crippen LogP contribution in [0.25, 0.3) is 0 Å². The molecular weight excluding hydrogens is 360 g/mol. The lowest BCUT2D eigenvalue weighted by Crippen LogP contribution is -2.44. The third-order valence-corrected chi connectivity index (χ3v) is 5.34. The van der Waals surface area contributed by atoms with Gasteiger partial charge in [0.05, 0.1) is 12.6 Å². The number of carbonyl (C=O) groups excluding carboxylic acids is 1. The fourth-order valence-electron chi connectivity index (χ4n) is 3.99. The molecule has 0 aromatic heterocycles. The van der Waals surface area contributed by atoms with Gasteiger partial charge in [0.25, 0.3) is 5.91 Å². The molecule has 0 aliphatic carbocycles. The molecule has 3 aromatic carbocycles. The van der Waals surface area contributed by atoms with Crippen molar-refractivity contribution in [3.05, 3.63) is 90.0 Å². The fourth-order valence-corrected chi connectivity index (χ4v) is 3.99. The highest BCUT2D eigenvalue weighted by molar-refractivity contribution is 6.07. The van der Waals surface area contributed by atoms with Crippen LogP contribution in [-0.4, -0.2) is 18.6 Å². The summed E-state index contributed by atoms with van der Waals surface area (Å²) in [4.78, 5) is 15.3. The molecule has 0 unspecified atom stereocenters. The van der Waals surface area contributed by atoms with Crippen LogP contribution < -0.4 is 15.0 Å². The predicted octanol–water partition coefficient (Wildman–Crippen LogP) is 5.68. The smallest absolute Gasteiger partial charge is 0.258 e. The Morgan fingerprint density at radius 1 is 1.00 bits per heavy atom. The number of carbonyl (C=O) groups is 1. The molecule has 0 fully saturated rings. The van der Waals surface area contributed by atoms with E-state index in [0.29, 0.717) is 12.2 Å². The van der Waals surface area contributed by atoms with Crippen molar-refractivity contribution in [2.75, 3.05) is 16.8 Å². The van der Waals surface area contributed by atoms with E-state index in [0.717, 1.165) is 29.1 Å². The van der Waals surface area contributed by atoms with Crippen molar-refractivity contribution >= 4 is 17.3 Å². The van der Waals surface area contributed by atoms with E-state index in [4.69, 9.17) is 4.74 Å². The first kappa shape index (κ1) is 19.1. The second-order valence-corrected chi connectivity index (χ2v) is 7.34. The van der Waals surface area contributed by atoms with E-state index in [1.54, 1.807) is 0 Å². The summed E-state index contributed by atoms with van der Waals surface area (Å²) < 4.78 is 5.50. The molecule has 4 nitrogen and oxygen atoms in total. The summed E-state index contributed by atoms with van der Waals surface area (Å²) in [6.07, 6.45) is 0.842. The summed E-state index contributed by atoms with van der Waals surface area (Å²) in [5.74, 6) is 0.800. The number of anilines is 2. The molecule has 1 amide bonds. The number of hydrogen-bond donors (Lipinski definition) is 1. The van der Waals surface area contributed by atoms with Crippen LogP contribution in [0.15, 0.2) is 78.9 Å². The fraction of sp³-hybridized carbons (Fsp3) is 0.240. The number of ether oxygens (including phenoxy) is 1. The minimum atomic E-state index is 0.0196. The quantitative estimate of drug-likeness (QED) is 0.613. The van der Waals surface area contributed by atoms with Gasteiger partial charge in [-0.1, -0.05) is 36.4 Å². The van der Waals surface area contributed by atoms with Gasteiger partial charge >= 0.3 is 0 Å². The average molecular weight is 386 g/mol. The Hall–Kier alpha value is -3.27. The van der Waals surface area contributed by atoms with Crippen LogP contribution in [-0.2, 0) is 0 Å². The minimum Gasteiger partial charge on any atom is -0.494 e. The molecule has 2 atom stereocenters. The van der Waals surface area contributed by atoms with Crippen LogP contribution in [0, 0.1) is 0 Å². The monoisotopic (exact) mass is 386 g/mol. The molecule has 4 rings (SSSR count). The van der Waals surface area contributed by atoms with Gasteiger partial charge in [-0.3, -0.25) is 4.79 Å². The Kier molecular flexibility index (Phi) is 5.52. The minimum absolute atomic E-state index is 0.0196. The van der Waals surface area contributed by atoms with E-state index in [-0.39, 0.29) is 18.0 Å². The summed E-state index contributed by atoms with van der Waals surface area (Å²) >= 11 is 0. The van der Waals surface area contributed by atoms with Gasteiger partial charge in [0.1, 0.15) is 5.75 Å². The maximum absolute atomic E-state index is 13.4. The molecule has 148 valence electrons. The van der Waals surface area contributed by atoms with Crippen molar-refractivity contribution in [3.8, 4) is 5.75 Å². The molecule has 0 radical (unpaired) electrons. The van der Waals surface area contributed by atoms with Crippen molar-refractivity contribution in [3.63, 3.8) is 0 Å². The maximum Gasteiger partial charge on any atom is 0.258 e. The number of rotatable bonds is 5. The van der Waals surface area contributed by atoms with E-state index in [1.807, 2.05) is 72.5 Å². The van der Waals surface area contributed by atoms with E-state index >= 15 is 0 Å². The standard InChI is InChI=1S/C25H26N2O2/c1-3-29-21-15-13-19(14-16-21)25(28)27-18(2)17-23(22-11-7-8-12-24(22)27)26-20-9-5-4-6-10-20/h4-16,18,23,26H,3,17H2,1-2H3/t18-,23+/m0/s1. The first-order chi connectivity index (χ1) is 14.2. The molecule has 29 heavy (non-hydrogen) atoms. The summed E-state index contributed by atoms with van der Waals surface area (Å²) in [6.45, 7) is 4.67. The Morgan fingerprint density at radius 2 is 1.69 bits per heavy atom. The second-order valence-electron chi connectivity index (χ2n) is 7.34. The number of nitrogens with one attached hydrogen (secondary N) is 1. The van der Waals surface area contributed by atoms with Gasteiger partial charge in [-0.2, -0.15) is 0 Å².